The quantitative estimate of drug-likeness (QED) is 0.730. The first-order valence-electron chi connectivity index (χ1n) is 4.57. The minimum Gasteiger partial charge on any atom is -0.396 e. The number of aliphatic hydroxyl groups is 1. The van der Waals surface area contributed by atoms with Crippen LogP contribution in [0.2, 0.25) is 0 Å². The van der Waals surface area contributed by atoms with Crippen LogP contribution in [0.15, 0.2) is 24.3 Å². The summed E-state index contributed by atoms with van der Waals surface area (Å²) in [4.78, 5) is 0. The van der Waals surface area contributed by atoms with E-state index in [4.69, 9.17) is 5.11 Å². The minimum absolute atomic E-state index is 0.306. The monoisotopic (exact) mass is 196 g/mol. The average Bonchev–Trinajstić information content (AvgIpc) is 2.15. The minimum atomic E-state index is 0.306. The Labute approximate surface area is 84.2 Å². The Kier molecular flexibility index (Phi) is 4.94. The maximum absolute atomic E-state index is 8.60. The second kappa shape index (κ2) is 6.06. The van der Waals surface area contributed by atoms with E-state index in [1.165, 1.54) is 11.1 Å². The summed E-state index contributed by atoms with van der Waals surface area (Å²) in [5.74, 6) is 2.11. The molecule has 0 spiro atoms. The molecule has 0 aliphatic heterocycles. The van der Waals surface area contributed by atoms with Crippen LogP contribution in [0.3, 0.4) is 0 Å². The normalized spacial score (nSPS) is 10.3. The molecule has 1 rings (SSSR count). The summed E-state index contributed by atoms with van der Waals surface area (Å²) in [5, 5.41) is 8.60. The molecule has 0 aliphatic rings. The zero-order valence-corrected chi connectivity index (χ0v) is 8.81. The zero-order chi connectivity index (χ0) is 9.52. The van der Waals surface area contributed by atoms with Gasteiger partial charge in [-0.25, -0.2) is 0 Å². The molecule has 1 aromatic carbocycles. The standard InChI is InChI=1S/C11H16OS/c1-10-5-2-3-6-11(10)9-13-8-4-7-12/h2-3,5-6,12H,4,7-9H2,1H3. The summed E-state index contributed by atoms with van der Waals surface area (Å²) in [6.07, 6.45) is 0.899. The van der Waals surface area contributed by atoms with E-state index < -0.39 is 0 Å². The number of hydrogen-bond donors (Lipinski definition) is 1. The molecule has 0 bridgehead atoms. The Morgan fingerprint density at radius 1 is 1.31 bits per heavy atom. The van der Waals surface area contributed by atoms with E-state index in [-0.39, 0.29) is 0 Å². The van der Waals surface area contributed by atoms with Crippen molar-refractivity contribution in [3.63, 3.8) is 0 Å². The van der Waals surface area contributed by atoms with E-state index in [0.717, 1.165) is 17.9 Å². The molecule has 1 nitrogen and oxygen atoms in total. The zero-order valence-electron chi connectivity index (χ0n) is 7.99. The third kappa shape index (κ3) is 3.83. The molecule has 1 aromatic rings. The van der Waals surface area contributed by atoms with Crippen LogP contribution in [0, 0.1) is 6.92 Å². The molecular weight excluding hydrogens is 180 g/mol. The molecule has 0 fully saturated rings. The van der Waals surface area contributed by atoms with Crippen LogP contribution in [-0.2, 0) is 5.75 Å². The number of benzene rings is 1. The molecule has 72 valence electrons. The van der Waals surface area contributed by atoms with Gasteiger partial charge >= 0.3 is 0 Å². The van der Waals surface area contributed by atoms with Crippen LogP contribution in [0.4, 0.5) is 0 Å². The van der Waals surface area contributed by atoms with Crippen molar-refractivity contribution in [3.8, 4) is 0 Å². The van der Waals surface area contributed by atoms with Crippen LogP contribution < -0.4 is 0 Å². The highest BCUT2D eigenvalue weighted by Gasteiger charge is 1.96. The van der Waals surface area contributed by atoms with Crippen molar-refractivity contribution in [2.45, 2.75) is 19.1 Å². The lowest BCUT2D eigenvalue weighted by atomic mass is 10.1. The Morgan fingerprint density at radius 2 is 2.08 bits per heavy atom. The summed E-state index contributed by atoms with van der Waals surface area (Å²) in [6, 6.07) is 8.45. The molecule has 0 saturated carbocycles. The lowest BCUT2D eigenvalue weighted by Crippen LogP contribution is -1.89. The van der Waals surface area contributed by atoms with Gasteiger partial charge in [0.1, 0.15) is 0 Å². The van der Waals surface area contributed by atoms with Crippen molar-refractivity contribution in [1.29, 1.82) is 0 Å². The van der Waals surface area contributed by atoms with Crippen molar-refractivity contribution < 1.29 is 5.11 Å². The number of thioether (sulfide) groups is 1. The largest absolute Gasteiger partial charge is 0.396 e. The molecule has 0 saturated heterocycles. The summed E-state index contributed by atoms with van der Waals surface area (Å²) in [6.45, 7) is 2.45. The highest BCUT2D eigenvalue weighted by Crippen LogP contribution is 2.15. The van der Waals surface area contributed by atoms with Gasteiger partial charge in [-0.3, -0.25) is 0 Å². The number of hydrogen-bond acceptors (Lipinski definition) is 2. The van der Waals surface area contributed by atoms with Crippen LogP contribution in [0.25, 0.3) is 0 Å². The molecule has 1 N–H and O–H groups in total. The maximum Gasteiger partial charge on any atom is 0.0438 e. The first kappa shape index (κ1) is 10.6. The van der Waals surface area contributed by atoms with Gasteiger partial charge in [0.05, 0.1) is 0 Å². The van der Waals surface area contributed by atoms with Crippen molar-refractivity contribution in [3.05, 3.63) is 35.4 Å². The Bertz CT molecular complexity index is 248. The SMILES string of the molecule is Cc1ccccc1CSCCCO. The first-order chi connectivity index (χ1) is 6.34. The molecule has 2 heteroatoms. The lowest BCUT2D eigenvalue weighted by Gasteiger charge is -2.04. The van der Waals surface area contributed by atoms with Crippen molar-refractivity contribution in [2.24, 2.45) is 0 Å². The van der Waals surface area contributed by atoms with Crippen LogP contribution in [-0.4, -0.2) is 17.5 Å². The Balaban J connectivity index is 2.32. The molecule has 0 amide bonds. The fraction of sp³-hybridized carbons (Fsp3) is 0.455. The molecule has 0 atom stereocenters. The van der Waals surface area contributed by atoms with Gasteiger partial charge in [0.25, 0.3) is 0 Å². The highest BCUT2D eigenvalue weighted by atomic mass is 32.2. The number of aryl methyl sites for hydroxylation is 1. The van der Waals surface area contributed by atoms with E-state index in [9.17, 15) is 0 Å². The lowest BCUT2D eigenvalue weighted by molar-refractivity contribution is 0.296. The summed E-state index contributed by atoms with van der Waals surface area (Å²) < 4.78 is 0. The molecule has 0 aliphatic carbocycles. The second-order valence-electron chi connectivity index (χ2n) is 3.06. The molecule has 0 heterocycles. The van der Waals surface area contributed by atoms with Crippen molar-refractivity contribution in [1.82, 2.24) is 0 Å². The van der Waals surface area contributed by atoms with E-state index in [1.54, 1.807) is 0 Å². The van der Waals surface area contributed by atoms with Gasteiger partial charge in [-0.1, -0.05) is 24.3 Å². The smallest absolute Gasteiger partial charge is 0.0438 e. The first-order valence-corrected chi connectivity index (χ1v) is 5.73. The third-order valence-electron chi connectivity index (χ3n) is 1.97. The highest BCUT2D eigenvalue weighted by molar-refractivity contribution is 7.98. The summed E-state index contributed by atoms with van der Waals surface area (Å²) >= 11 is 1.89. The van der Waals surface area contributed by atoms with Crippen LogP contribution in [0.1, 0.15) is 17.5 Å². The van der Waals surface area contributed by atoms with Crippen molar-refractivity contribution >= 4 is 11.8 Å². The Hall–Kier alpha value is -0.470. The summed E-state index contributed by atoms with van der Waals surface area (Å²) in [5.41, 5.74) is 2.77. The number of aliphatic hydroxyl groups excluding tert-OH is 1. The molecule has 0 radical (unpaired) electrons. The van der Waals surface area contributed by atoms with Gasteiger partial charge in [-0.05, 0) is 30.2 Å². The van der Waals surface area contributed by atoms with E-state index >= 15 is 0 Å². The van der Waals surface area contributed by atoms with E-state index in [0.29, 0.717) is 6.61 Å². The van der Waals surface area contributed by atoms with Gasteiger partial charge < -0.3 is 5.11 Å². The maximum atomic E-state index is 8.60. The van der Waals surface area contributed by atoms with Crippen LogP contribution >= 0.6 is 11.8 Å². The molecular formula is C11H16OS. The predicted octanol–water partition coefficient (Wildman–Crippen LogP) is 2.61. The fourth-order valence-electron chi connectivity index (χ4n) is 1.12. The number of rotatable bonds is 5. The summed E-state index contributed by atoms with van der Waals surface area (Å²) in [7, 11) is 0. The van der Waals surface area contributed by atoms with Crippen molar-refractivity contribution in [2.75, 3.05) is 12.4 Å². The van der Waals surface area contributed by atoms with E-state index in [1.807, 2.05) is 11.8 Å². The van der Waals surface area contributed by atoms with Gasteiger partial charge in [-0.15, -0.1) is 0 Å². The molecule has 13 heavy (non-hydrogen) atoms. The predicted molar refractivity (Wildman–Crippen MR) is 59.0 cm³/mol. The average molecular weight is 196 g/mol. The Morgan fingerprint density at radius 3 is 2.77 bits per heavy atom. The van der Waals surface area contributed by atoms with Gasteiger partial charge in [0.15, 0.2) is 0 Å². The third-order valence-corrected chi connectivity index (χ3v) is 3.06. The van der Waals surface area contributed by atoms with Crippen LogP contribution in [0.5, 0.6) is 0 Å². The second-order valence-corrected chi connectivity index (χ2v) is 4.16. The van der Waals surface area contributed by atoms with Gasteiger partial charge in [-0.2, -0.15) is 11.8 Å². The fourth-order valence-corrected chi connectivity index (χ4v) is 2.14. The topological polar surface area (TPSA) is 20.2 Å². The molecule has 0 unspecified atom stereocenters. The molecule has 0 aromatic heterocycles. The van der Waals surface area contributed by atoms with Gasteiger partial charge in [0.2, 0.25) is 0 Å². The van der Waals surface area contributed by atoms with E-state index in [2.05, 4.69) is 31.2 Å². The van der Waals surface area contributed by atoms with Gasteiger partial charge in [0, 0.05) is 12.4 Å².